The number of sulfonamides is 1. The van der Waals surface area contributed by atoms with Crippen LogP contribution in [0, 0.1) is 0 Å². The number of rotatable bonds is 9. The van der Waals surface area contributed by atoms with E-state index in [-0.39, 0.29) is 12.6 Å². The van der Waals surface area contributed by atoms with Gasteiger partial charge in [0.1, 0.15) is 12.6 Å². The lowest BCUT2D eigenvalue weighted by Crippen LogP contribution is -2.43. The number of methoxy groups -OCH3 is 1. The van der Waals surface area contributed by atoms with E-state index < -0.39 is 45.2 Å². The molecular formula is C22H25F3N4O5S. The number of halogens is 3. The third kappa shape index (κ3) is 6.27. The van der Waals surface area contributed by atoms with Crippen LogP contribution in [0.3, 0.4) is 0 Å². The van der Waals surface area contributed by atoms with Crippen LogP contribution in [-0.4, -0.2) is 67.6 Å². The van der Waals surface area contributed by atoms with Crippen molar-refractivity contribution >= 4 is 16.0 Å². The third-order valence-corrected chi connectivity index (χ3v) is 7.68. The highest BCUT2D eigenvalue weighted by Crippen LogP contribution is 2.38. The van der Waals surface area contributed by atoms with Crippen LogP contribution in [0.1, 0.15) is 36.4 Å². The summed E-state index contributed by atoms with van der Waals surface area (Å²) in [6.45, 7) is -0.418. The number of alkyl halides is 3. The maximum Gasteiger partial charge on any atom is 0.416 e. The van der Waals surface area contributed by atoms with Crippen molar-refractivity contribution < 1.29 is 35.9 Å². The molecular weight excluding hydrogens is 489 g/mol. The van der Waals surface area contributed by atoms with Crippen LogP contribution < -0.4 is 10.1 Å². The number of hydrogen-bond acceptors (Lipinski definition) is 8. The first-order chi connectivity index (χ1) is 16.6. The van der Waals surface area contributed by atoms with Crippen LogP contribution in [0.5, 0.6) is 5.88 Å². The van der Waals surface area contributed by atoms with Gasteiger partial charge in [-0.2, -0.15) is 17.5 Å². The summed E-state index contributed by atoms with van der Waals surface area (Å²) in [5.41, 5.74) is -0.170. The monoisotopic (exact) mass is 514 g/mol. The van der Waals surface area contributed by atoms with Crippen molar-refractivity contribution in [2.45, 2.75) is 48.4 Å². The zero-order valence-corrected chi connectivity index (χ0v) is 19.7. The van der Waals surface area contributed by atoms with Crippen LogP contribution in [0.4, 0.5) is 13.2 Å². The van der Waals surface area contributed by atoms with E-state index in [9.17, 15) is 26.4 Å². The van der Waals surface area contributed by atoms with Gasteiger partial charge in [-0.15, -0.1) is 0 Å². The molecule has 13 heteroatoms. The van der Waals surface area contributed by atoms with Gasteiger partial charge >= 0.3 is 12.1 Å². The van der Waals surface area contributed by atoms with Crippen LogP contribution in [-0.2, 0) is 25.7 Å². The van der Waals surface area contributed by atoms with E-state index in [1.54, 1.807) is 12.4 Å². The normalized spacial score (nSPS) is 20.7. The summed E-state index contributed by atoms with van der Waals surface area (Å²) < 4.78 is 77.0. The number of esters is 1. The summed E-state index contributed by atoms with van der Waals surface area (Å²) in [6, 6.07) is 3.00. The fourth-order valence-electron chi connectivity index (χ4n) is 3.84. The second-order valence-electron chi connectivity index (χ2n) is 8.53. The molecule has 1 saturated carbocycles. The maximum absolute atomic E-state index is 13.2. The Morgan fingerprint density at radius 2 is 2.00 bits per heavy atom. The fraction of sp³-hybridized carbons (Fsp3) is 0.500. The van der Waals surface area contributed by atoms with Gasteiger partial charge in [0.05, 0.1) is 35.7 Å². The molecule has 1 N–H and O–H groups in total. The Bertz CT molecular complexity index is 1160. The summed E-state index contributed by atoms with van der Waals surface area (Å²) in [7, 11) is -3.33. The average molecular weight is 515 g/mol. The second-order valence-corrected chi connectivity index (χ2v) is 10.5. The Labute approximate surface area is 200 Å². The Morgan fingerprint density at radius 1 is 1.23 bits per heavy atom. The van der Waals surface area contributed by atoms with E-state index in [2.05, 4.69) is 20.0 Å². The lowest BCUT2D eigenvalue weighted by atomic mass is 10.2. The van der Waals surface area contributed by atoms with Gasteiger partial charge in [-0.1, -0.05) is 6.07 Å². The standard InChI is InChI=1S/C22H25F3N4O5S/c1-33-21(30)13-29(35(31,32)18-4-2-3-15(7-18)22(23,24)25)12-16-8-17(9-26-16)34-20-11-27-19(10-28-20)14-5-6-14/h2-4,7,10-11,14,16-17,26H,5-6,8-9,12-13H2,1H3/t16-,17+/m0/s1. The van der Waals surface area contributed by atoms with Crippen molar-refractivity contribution in [3.8, 4) is 5.88 Å². The van der Waals surface area contributed by atoms with Crippen molar-refractivity contribution in [3.63, 3.8) is 0 Å². The molecule has 2 fully saturated rings. The van der Waals surface area contributed by atoms with Gasteiger partial charge < -0.3 is 14.8 Å². The van der Waals surface area contributed by atoms with Crippen LogP contribution in [0.2, 0.25) is 0 Å². The molecule has 1 aliphatic heterocycles. The Kier molecular flexibility index (Phi) is 7.29. The highest BCUT2D eigenvalue weighted by atomic mass is 32.2. The van der Waals surface area contributed by atoms with Gasteiger partial charge in [0.2, 0.25) is 15.9 Å². The predicted octanol–water partition coefficient (Wildman–Crippen LogP) is 2.35. The van der Waals surface area contributed by atoms with Gasteiger partial charge in [0.15, 0.2) is 0 Å². The molecule has 1 aromatic heterocycles. The minimum Gasteiger partial charge on any atom is -0.472 e. The number of aromatic nitrogens is 2. The first-order valence-electron chi connectivity index (χ1n) is 11.0. The first-order valence-corrected chi connectivity index (χ1v) is 12.5. The smallest absolute Gasteiger partial charge is 0.416 e. The number of ether oxygens (including phenoxy) is 2. The Balaban J connectivity index is 1.45. The van der Waals surface area contributed by atoms with E-state index >= 15 is 0 Å². The van der Waals surface area contributed by atoms with Crippen molar-refractivity contribution in [3.05, 3.63) is 47.9 Å². The topological polar surface area (TPSA) is 111 Å². The van der Waals surface area contributed by atoms with Crippen molar-refractivity contribution in [2.24, 2.45) is 0 Å². The average Bonchev–Trinajstić information content (AvgIpc) is 3.59. The van der Waals surface area contributed by atoms with E-state index in [0.717, 1.165) is 48.1 Å². The molecule has 0 bridgehead atoms. The van der Waals surface area contributed by atoms with Gasteiger partial charge in [-0.25, -0.2) is 13.4 Å². The molecule has 1 aliphatic carbocycles. The number of benzene rings is 1. The summed E-state index contributed by atoms with van der Waals surface area (Å²) >= 11 is 0. The molecule has 1 saturated heterocycles. The molecule has 190 valence electrons. The van der Waals surface area contributed by atoms with Crippen molar-refractivity contribution in [2.75, 3.05) is 26.7 Å². The van der Waals surface area contributed by atoms with E-state index in [1.807, 2.05) is 0 Å². The number of carbonyl (C=O) groups is 1. The van der Waals surface area contributed by atoms with Crippen LogP contribution >= 0.6 is 0 Å². The van der Waals surface area contributed by atoms with Gasteiger partial charge in [0, 0.05) is 31.5 Å². The number of carbonyl (C=O) groups excluding carboxylic acids is 1. The van der Waals surface area contributed by atoms with Crippen LogP contribution in [0.25, 0.3) is 0 Å². The molecule has 0 unspecified atom stereocenters. The third-order valence-electron chi connectivity index (χ3n) is 5.87. The molecule has 4 rings (SSSR count). The van der Waals surface area contributed by atoms with E-state index in [1.165, 1.54) is 0 Å². The van der Waals surface area contributed by atoms with Gasteiger partial charge in [-0.05, 0) is 31.0 Å². The van der Waals surface area contributed by atoms with Crippen molar-refractivity contribution in [1.29, 1.82) is 0 Å². The molecule has 0 amide bonds. The molecule has 9 nitrogen and oxygen atoms in total. The lowest BCUT2D eigenvalue weighted by Gasteiger charge is -2.24. The molecule has 2 atom stereocenters. The van der Waals surface area contributed by atoms with E-state index in [0.29, 0.717) is 30.8 Å². The largest absolute Gasteiger partial charge is 0.472 e. The lowest BCUT2D eigenvalue weighted by molar-refractivity contribution is -0.141. The maximum atomic E-state index is 13.2. The molecule has 2 aliphatic rings. The Hall–Kier alpha value is -2.77. The quantitative estimate of drug-likeness (QED) is 0.508. The SMILES string of the molecule is COC(=O)CN(C[C@@H]1C[C@@H](Oc2cnc(C3CC3)cn2)CN1)S(=O)(=O)c1cccc(C(F)(F)F)c1. The summed E-state index contributed by atoms with van der Waals surface area (Å²) in [4.78, 5) is 20.0. The van der Waals surface area contributed by atoms with Crippen molar-refractivity contribution in [1.82, 2.24) is 19.6 Å². The number of nitrogens with zero attached hydrogens (tertiary/aromatic N) is 3. The van der Waals surface area contributed by atoms with E-state index in [4.69, 9.17) is 4.74 Å². The molecule has 0 radical (unpaired) electrons. The van der Waals surface area contributed by atoms with Gasteiger partial charge in [-0.3, -0.25) is 9.78 Å². The fourth-order valence-corrected chi connectivity index (χ4v) is 5.32. The Morgan fingerprint density at radius 3 is 2.63 bits per heavy atom. The molecule has 2 aromatic rings. The second kappa shape index (κ2) is 10.1. The summed E-state index contributed by atoms with van der Waals surface area (Å²) in [5.74, 6) is -0.0177. The molecule has 2 heterocycles. The zero-order chi connectivity index (χ0) is 25.2. The van der Waals surface area contributed by atoms with Crippen LogP contribution in [0.15, 0.2) is 41.6 Å². The zero-order valence-electron chi connectivity index (χ0n) is 18.9. The molecule has 35 heavy (non-hydrogen) atoms. The molecule has 1 aromatic carbocycles. The number of nitrogens with one attached hydrogen (secondary N) is 1. The highest BCUT2D eigenvalue weighted by molar-refractivity contribution is 7.89. The summed E-state index contributed by atoms with van der Waals surface area (Å²) in [5, 5.41) is 3.14. The first kappa shape index (κ1) is 25.3. The molecule has 0 spiro atoms. The minimum atomic E-state index is -4.71. The summed E-state index contributed by atoms with van der Waals surface area (Å²) in [6.07, 6.45) is 0.813. The number of hydrogen-bond donors (Lipinski definition) is 1. The highest BCUT2D eigenvalue weighted by Gasteiger charge is 2.36. The predicted molar refractivity (Wildman–Crippen MR) is 117 cm³/mol. The van der Waals surface area contributed by atoms with Gasteiger partial charge in [0.25, 0.3) is 0 Å². The minimum absolute atomic E-state index is 0.167.